The van der Waals surface area contributed by atoms with Crippen molar-refractivity contribution in [1.29, 1.82) is 0 Å². The summed E-state index contributed by atoms with van der Waals surface area (Å²) in [6, 6.07) is 12.9. The molecule has 0 aliphatic heterocycles. The van der Waals surface area contributed by atoms with E-state index >= 15 is 0 Å². The average Bonchev–Trinajstić information content (AvgIpc) is 3.14. The van der Waals surface area contributed by atoms with Crippen LogP contribution in [0.1, 0.15) is 44.8 Å². The Bertz CT molecular complexity index is 1200. The van der Waals surface area contributed by atoms with Gasteiger partial charge in [0.05, 0.1) is 12.0 Å². The van der Waals surface area contributed by atoms with E-state index in [2.05, 4.69) is 0 Å². The van der Waals surface area contributed by atoms with Crippen LogP contribution in [0.25, 0.3) is 10.4 Å². The van der Waals surface area contributed by atoms with Gasteiger partial charge in [-0.3, -0.25) is 9.59 Å². The molecule has 0 spiro atoms. The maximum atomic E-state index is 12.8. The molecule has 1 aliphatic rings. The summed E-state index contributed by atoms with van der Waals surface area (Å²) >= 11 is 3.21. The maximum Gasteiger partial charge on any atom is 0.416 e. The standard InChI is InChI=1S/C25H21F3O3S2/c1-14-10-21(15-4-6-18(7-5-15)25(26,27)28)33-22(14)13-32-19-8-9-20-16(11-19)2-3-17(24(20)31)12-23(29)30/h4-11,17H,2-3,12-13H2,1H3,(H,29,30). The molecule has 8 heteroatoms. The summed E-state index contributed by atoms with van der Waals surface area (Å²) in [4.78, 5) is 26.6. The molecule has 0 bridgehead atoms. The molecule has 33 heavy (non-hydrogen) atoms. The van der Waals surface area contributed by atoms with Crippen LogP contribution >= 0.6 is 23.1 Å². The highest BCUT2D eigenvalue weighted by molar-refractivity contribution is 7.98. The van der Waals surface area contributed by atoms with E-state index in [9.17, 15) is 22.8 Å². The van der Waals surface area contributed by atoms with Crippen LogP contribution in [-0.4, -0.2) is 16.9 Å². The third kappa shape index (κ3) is 5.33. The number of thiophene rings is 1. The molecule has 0 radical (unpaired) electrons. The lowest BCUT2D eigenvalue weighted by Gasteiger charge is -2.22. The molecule has 0 fully saturated rings. The van der Waals surface area contributed by atoms with Gasteiger partial charge >= 0.3 is 12.1 Å². The highest BCUT2D eigenvalue weighted by Crippen LogP contribution is 2.38. The number of aliphatic carboxylic acids is 1. The molecule has 1 aliphatic carbocycles. The number of rotatable bonds is 6. The van der Waals surface area contributed by atoms with Gasteiger partial charge in [0, 0.05) is 31.9 Å². The normalized spacial score (nSPS) is 16.0. The number of benzene rings is 2. The number of thioether (sulfide) groups is 1. The third-order valence-electron chi connectivity index (χ3n) is 5.78. The van der Waals surface area contributed by atoms with Crippen molar-refractivity contribution in [1.82, 2.24) is 0 Å². The molecule has 1 aromatic heterocycles. The van der Waals surface area contributed by atoms with E-state index in [1.165, 1.54) is 12.1 Å². The van der Waals surface area contributed by atoms with Gasteiger partial charge in [-0.15, -0.1) is 23.1 Å². The number of carbonyl (C=O) groups excluding carboxylic acids is 1. The molecule has 172 valence electrons. The van der Waals surface area contributed by atoms with Crippen molar-refractivity contribution in [2.24, 2.45) is 5.92 Å². The number of hydrogen-bond donors (Lipinski definition) is 1. The smallest absolute Gasteiger partial charge is 0.416 e. The first-order valence-corrected chi connectivity index (χ1v) is 12.2. The molecule has 0 saturated carbocycles. The molecule has 3 aromatic rings. The predicted molar refractivity (Wildman–Crippen MR) is 124 cm³/mol. The summed E-state index contributed by atoms with van der Waals surface area (Å²) in [6.07, 6.45) is -3.24. The fourth-order valence-electron chi connectivity index (χ4n) is 3.97. The lowest BCUT2D eigenvalue weighted by atomic mass is 9.81. The Kier molecular flexibility index (Phi) is 6.68. The Morgan fingerprint density at radius 2 is 1.88 bits per heavy atom. The number of alkyl halides is 3. The third-order valence-corrected chi connectivity index (χ3v) is 8.27. The van der Waals surface area contributed by atoms with Gasteiger partial charge in [0.1, 0.15) is 0 Å². The quantitative estimate of drug-likeness (QED) is 0.370. The molecule has 4 rings (SSSR count). The van der Waals surface area contributed by atoms with Crippen LogP contribution in [0.5, 0.6) is 0 Å². The maximum absolute atomic E-state index is 12.8. The Labute approximate surface area is 197 Å². The van der Waals surface area contributed by atoms with E-state index in [1.54, 1.807) is 29.2 Å². The molecule has 0 amide bonds. The van der Waals surface area contributed by atoms with E-state index in [0.717, 1.165) is 43.5 Å². The highest BCUT2D eigenvalue weighted by Gasteiger charge is 2.30. The minimum Gasteiger partial charge on any atom is -0.481 e. The van der Waals surface area contributed by atoms with Gasteiger partial charge in [0.2, 0.25) is 0 Å². The SMILES string of the molecule is Cc1cc(-c2ccc(C(F)(F)F)cc2)sc1CSc1ccc2c(c1)CCC(CC(=O)O)C2=O. The monoisotopic (exact) mass is 490 g/mol. The Hall–Kier alpha value is -2.58. The Balaban J connectivity index is 1.45. The highest BCUT2D eigenvalue weighted by atomic mass is 32.2. The number of Topliss-reactive ketones (excluding diaryl/α,β-unsaturated/α-hetero) is 1. The van der Waals surface area contributed by atoms with Crippen LogP contribution in [0.3, 0.4) is 0 Å². The Morgan fingerprint density at radius 3 is 2.55 bits per heavy atom. The summed E-state index contributed by atoms with van der Waals surface area (Å²) in [5.41, 5.74) is 2.77. The van der Waals surface area contributed by atoms with Gasteiger partial charge < -0.3 is 5.11 Å². The summed E-state index contributed by atoms with van der Waals surface area (Å²) in [5.74, 6) is -0.784. The van der Waals surface area contributed by atoms with Gasteiger partial charge in [-0.1, -0.05) is 18.2 Å². The number of carbonyl (C=O) groups is 2. The van der Waals surface area contributed by atoms with Gasteiger partial charge in [0.15, 0.2) is 5.78 Å². The van der Waals surface area contributed by atoms with Crippen molar-refractivity contribution in [2.75, 3.05) is 0 Å². The fourth-order valence-corrected chi connectivity index (χ4v) is 6.27. The largest absolute Gasteiger partial charge is 0.481 e. The molecule has 3 nitrogen and oxygen atoms in total. The van der Waals surface area contributed by atoms with E-state index in [0.29, 0.717) is 24.2 Å². The second-order valence-corrected chi connectivity index (χ2v) is 10.3. The van der Waals surface area contributed by atoms with Crippen LogP contribution in [-0.2, 0) is 23.1 Å². The summed E-state index contributed by atoms with van der Waals surface area (Å²) in [5, 5.41) is 9.00. The number of hydrogen-bond acceptors (Lipinski definition) is 4. The van der Waals surface area contributed by atoms with Gasteiger partial charge in [-0.25, -0.2) is 0 Å². The first kappa shape index (κ1) is 23.6. The van der Waals surface area contributed by atoms with Gasteiger partial charge in [0.25, 0.3) is 0 Å². The zero-order valence-corrected chi connectivity index (χ0v) is 19.4. The first-order chi connectivity index (χ1) is 15.6. The predicted octanol–water partition coefficient (Wildman–Crippen LogP) is 7.25. The van der Waals surface area contributed by atoms with Crippen molar-refractivity contribution < 1.29 is 27.9 Å². The van der Waals surface area contributed by atoms with E-state index < -0.39 is 23.6 Å². The number of ketones is 1. The van der Waals surface area contributed by atoms with Crippen molar-refractivity contribution in [3.63, 3.8) is 0 Å². The van der Waals surface area contributed by atoms with Crippen LogP contribution in [0, 0.1) is 12.8 Å². The topological polar surface area (TPSA) is 54.4 Å². The van der Waals surface area contributed by atoms with Gasteiger partial charge in [-0.05, 0) is 66.8 Å². The minimum atomic E-state index is -4.34. The average molecular weight is 491 g/mol. The van der Waals surface area contributed by atoms with E-state index in [1.807, 2.05) is 25.1 Å². The zero-order valence-electron chi connectivity index (χ0n) is 17.7. The van der Waals surface area contributed by atoms with Crippen LogP contribution in [0.4, 0.5) is 13.2 Å². The van der Waals surface area contributed by atoms with Crippen LogP contribution in [0.15, 0.2) is 53.4 Å². The molecular weight excluding hydrogens is 469 g/mol. The second-order valence-electron chi connectivity index (χ2n) is 8.10. The zero-order chi connectivity index (χ0) is 23.8. The minimum absolute atomic E-state index is 0.0921. The van der Waals surface area contributed by atoms with Crippen molar-refractivity contribution in [3.05, 3.63) is 75.7 Å². The lowest BCUT2D eigenvalue weighted by molar-refractivity contribution is -0.138. The molecular formula is C25H21F3O3S2. The van der Waals surface area contributed by atoms with E-state index in [-0.39, 0.29) is 12.2 Å². The molecule has 1 N–H and O–H groups in total. The van der Waals surface area contributed by atoms with Crippen LogP contribution < -0.4 is 0 Å². The first-order valence-electron chi connectivity index (χ1n) is 10.4. The fraction of sp³-hybridized carbons (Fsp3) is 0.280. The number of carboxylic acids is 1. The molecule has 1 atom stereocenters. The molecule has 2 aromatic carbocycles. The number of halogens is 3. The van der Waals surface area contributed by atoms with Crippen molar-refractivity contribution in [3.8, 4) is 10.4 Å². The Morgan fingerprint density at radius 1 is 1.15 bits per heavy atom. The summed E-state index contributed by atoms with van der Waals surface area (Å²) in [7, 11) is 0. The van der Waals surface area contributed by atoms with Crippen molar-refractivity contribution in [2.45, 2.75) is 43.0 Å². The number of aryl methyl sites for hydroxylation is 2. The summed E-state index contributed by atoms with van der Waals surface area (Å²) in [6.45, 7) is 1.99. The molecule has 1 heterocycles. The molecule has 1 unspecified atom stereocenters. The van der Waals surface area contributed by atoms with Gasteiger partial charge in [-0.2, -0.15) is 13.2 Å². The van der Waals surface area contributed by atoms with E-state index in [4.69, 9.17) is 5.11 Å². The number of fused-ring (bicyclic) bond motifs is 1. The second kappa shape index (κ2) is 9.35. The van der Waals surface area contributed by atoms with Crippen molar-refractivity contribution >= 4 is 34.9 Å². The number of carboxylic acid groups (broad SMARTS) is 1. The van der Waals surface area contributed by atoms with Crippen LogP contribution in [0.2, 0.25) is 0 Å². The summed E-state index contributed by atoms with van der Waals surface area (Å²) < 4.78 is 38.4. The molecule has 0 saturated heterocycles. The lowest BCUT2D eigenvalue weighted by Crippen LogP contribution is -2.24.